The number of hydrogen-bond acceptors (Lipinski definition) is 6. The van der Waals surface area contributed by atoms with E-state index in [0.717, 1.165) is 11.1 Å². The monoisotopic (exact) mass is 326 g/mol. The summed E-state index contributed by atoms with van der Waals surface area (Å²) < 4.78 is 31.8. The van der Waals surface area contributed by atoms with Crippen molar-refractivity contribution < 1.29 is 23.2 Å². The average molecular weight is 326 g/mol. The molecule has 7 nitrogen and oxygen atoms in total. The summed E-state index contributed by atoms with van der Waals surface area (Å²) in [6.45, 7) is 5.03. The summed E-state index contributed by atoms with van der Waals surface area (Å²) in [7, 11) is -3.70. The van der Waals surface area contributed by atoms with Gasteiger partial charge in [-0.25, -0.2) is 13.1 Å². The Bertz CT molecular complexity index is 776. The molecule has 0 aliphatic rings. The van der Waals surface area contributed by atoms with Crippen molar-refractivity contribution in [2.24, 2.45) is 0 Å². The number of rotatable bonds is 5. The van der Waals surface area contributed by atoms with Gasteiger partial charge in [0.25, 0.3) is 0 Å². The number of benzene rings is 1. The Hall–Kier alpha value is -2.06. The fourth-order valence-corrected chi connectivity index (χ4v) is 3.60. The van der Waals surface area contributed by atoms with Gasteiger partial charge in [-0.15, -0.1) is 0 Å². The second-order valence-electron chi connectivity index (χ2n) is 5.07. The summed E-state index contributed by atoms with van der Waals surface area (Å²) in [5.41, 5.74) is 1.83. The first kappa shape index (κ1) is 16.3. The van der Waals surface area contributed by atoms with Crippen LogP contribution in [0.4, 0.5) is 0 Å². The fraction of sp³-hybridized carbons (Fsp3) is 0.357. The first-order valence-electron chi connectivity index (χ1n) is 6.66. The molecule has 0 fully saturated rings. The number of aromatic hydroxyl groups is 2. The molecule has 1 aromatic heterocycles. The maximum atomic E-state index is 12.2. The third kappa shape index (κ3) is 3.23. The minimum atomic E-state index is -3.70. The highest BCUT2D eigenvalue weighted by Gasteiger charge is 2.23. The van der Waals surface area contributed by atoms with E-state index in [-0.39, 0.29) is 28.7 Å². The Morgan fingerprint density at radius 1 is 1.18 bits per heavy atom. The first-order valence-corrected chi connectivity index (χ1v) is 8.14. The van der Waals surface area contributed by atoms with Crippen LogP contribution in [0.3, 0.4) is 0 Å². The van der Waals surface area contributed by atoms with Crippen LogP contribution >= 0.6 is 0 Å². The molecular formula is C14H18N2O5S. The van der Waals surface area contributed by atoms with Gasteiger partial charge >= 0.3 is 0 Å². The summed E-state index contributed by atoms with van der Waals surface area (Å²) in [4.78, 5) is 0.0535. The molecule has 3 N–H and O–H groups in total. The molecule has 2 rings (SSSR count). The number of phenols is 2. The van der Waals surface area contributed by atoms with E-state index in [9.17, 15) is 18.6 Å². The standard InChI is InChI=1S/C14H18N2O5S/c1-8-6-12(17)13(18)7-11(8)4-5-15-22(19,20)14-9(2)16-21-10(14)3/h6-7,15,17-18H,4-5H2,1-3H3. The Kier molecular flexibility index (Phi) is 4.43. The third-order valence-electron chi connectivity index (χ3n) is 3.36. The Morgan fingerprint density at radius 3 is 2.41 bits per heavy atom. The molecular weight excluding hydrogens is 308 g/mol. The Labute approximate surface area is 128 Å². The molecule has 0 radical (unpaired) electrons. The summed E-state index contributed by atoms with van der Waals surface area (Å²) in [6.07, 6.45) is 0.377. The number of nitrogens with zero attached hydrogens (tertiary/aromatic N) is 1. The lowest BCUT2D eigenvalue weighted by Gasteiger charge is -2.09. The van der Waals surface area contributed by atoms with E-state index in [1.54, 1.807) is 13.8 Å². The number of phenolic OH excluding ortho intramolecular Hbond substituents is 2. The minimum Gasteiger partial charge on any atom is -0.504 e. The maximum absolute atomic E-state index is 12.2. The van der Waals surface area contributed by atoms with E-state index < -0.39 is 10.0 Å². The lowest BCUT2D eigenvalue weighted by atomic mass is 10.1. The summed E-state index contributed by atoms with van der Waals surface area (Å²) in [5, 5.41) is 22.5. The van der Waals surface area contributed by atoms with E-state index in [4.69, 9.17) is 4.52 Å². The Morgan fingerprint density at radius 2 is 1.82 bits per heavy atom. The molecule has 1 heterocycles. The molecule has 0 saturated heterocycles. The topological polar surface area (TPSA) is 113 Å². The predicted octanol–water partition coefficient (Wildman–Crippen LogP) is 1.53. The van der Waals surface area contributed by atoms with E-state index in [0.29, 0.717) is 12.1 Å². The van der Waals surface area contributed by atoms with Crippen LogP contribution in [-0.2, 0) is 16.4 Å². The van der Waals surface area contributed by atoms with Crippen molar-refractivity contribution in [2.75, 3.05) is 6.54 Å². The lowest BCUT2D eigenvalue weighted by molar-refractivity contribution is 0.390. The van der Waals surface area contributed by atoms with Gasteiger partial charge in [0, 0.05) is 6.54 Å². The molecule has 8 heteroatoms. The van der Waals surface area contributed by atoms with Crippen LogP contribution < -0.4 is 4.72 Å². The highest BCUT2D eigenvalue weighted by atomic mass is 32.2. The first-order chi connectivity index (χ1) is 10.2. The molecule has 0 aliphatic carbocycles. The number of nitrogens with one attached hydrogen (secondary N) is 1. The van der Waals surface area contributed by atoms with E-state index in [1.165, 1.54) is 19.1 Å². The van der Waals surface area contributed by atoms with Gasteiger partial charge in [0.15, 0.2) is 17.3 Å². The molecule has 120 valence electrons. The van der Waals surface area contributed by atoms with E-state index >= 15 is 0 Å². The Balaban J connectivity index is 2.10. The molecule has 0 aliphatic heterocycles. The van der Waals surface area contributed by atoms with Gasteiger partial charge in [0.1, 0.15) is 10.6 Å². The molecule has 0 spiro atoms. The van der Waals surface area contributed by atoms with Crippen LogP contribution in [0.15, 0.2) is 21.6 Å². The van der Waals surface area contributed by atoms with Crippen LogP contribution in [0.25, 0.3) is 0 Å². The van der Waals surface area contributed by atoms with Crippen molar-refractivity contribution >= 4 is 10.0 Å². The zero-order valence-electron chi connectivity index (χ0n) is 12.5. The zero-order chi connectivity index (χ0) is 16.5. The predicted molar refractivity (Wildman–Crippen MR) is 79.4 cm³/mol. The number of aromatic nitrogens is 1. The van der Waals surface area contributed by atoms with Crippen molar-refractivity contribution in [1.29, 1.82) is 0 Å². The van der Waals surface area contributed by atoms with Gasteiger partial charge in [-0.2, -0.15) is 0 Å². The number of sulfonamides is 1. The van der Waals surface area contributed by atoms with Gasteiger partial charge in [-0.3, -0.25) is 0 Å². The van der Waals surface area contributed by atoms with Crippen molar-refractivity contribution in [3.63, 3.8) is 0 Å². The van der Waals surface area contributed by atoms with Gasteiger partial charge in [-0.1, -0.05) is 5.16 Å². The van der Waals surface area contributed by atoms with Crippen molar-refractivity contribution in [3.8, 4) is 11.5 Å². The number of hydrogen-bond donors (Lipinski definition) is 3. The third-order valence-corrected chi connectivity index (χ3v) is 5.06. The second kappa shape index (κ2) is 5.98. The van der Waals surface area contributed by atoms with Gasteiger partial charge < -0.3 is 14.7 Å². The van der Waals surface area contributed by atoms with Crippen LogP contribution in [-0.4, -0.2) is 30.3 Å². The molecule has 1 aromatic carbocycles. The normalized spacial score (nSPS) is 11.8. The van der Waals surface area contributed by atoms with Crippen LogP contribution in [0.5, 0.6) is 11.5 Å². The fourth-order valence-electron chi connectivity index (χ4n) is 2.24. The van der Waals surface area contributed by atoms with E-state index in [1.807, 2.05) is 0 Å². The smallest absolute Gasteiger partial charge is 0.245 e. The number of aryl methyl sites for hydroxylation is 3. The van der Waals surface area contributed by atoms with Crippen molar-refractivity contribution in [3.05, 3.63) is 34.7 Å². The minimum absolute atomic E-state index is 0.0535. The van der Waals surface area contributed by atoms with Gasteiger partial charge in [-0.05, 0) is 50.5 Å². The van der Waals surface area contributed by atoms with Gasteiger partial charge in [0.05, 0.1) is 0 Å². The van der Waals surface area contributed by atoms with Gasteiger partial charge in [0.2, 0.25) is 10.0 Å². The second-order valence-corrected chi connectivity index (χ2v) is 6.77. The van der Waals surface area contributed by atoms with Crippen molar-refractivity contribution in [1.82, 2.24) is 9.88 Å². The molecule has 2 aromatic rings. The summed E-state index contributed by atoms with van der Waals surface area (Å²) in [5.74, 6) is -0.185. The molecule has 0 atom stereocenters. The molecule has 0 saturated carbocycles. The maximum Gasteiger partial charge on any atom is 0.245 e. The van der Waals surface area contributed by atoms with Crippen LogP contribution in [0, 0.1) is 20.8 Å². The average Bonchev–Trinajstić information content (AvgIpc) is 2.75. The quantitative estimate of drug-likeness (QED) is 0.718. The lowest BCUT2D eigenvalue weighted by Crippen LogP contribution is -2.27. The van der Waals surface area contributed by atoms with Crippen molar-refractivity contribution in [2.45, 2.75) is 32.1 Å². The van der Waals surface area contributed by atoms with Crippen LogP contribution in [0.1, 0.15) is 22.6 Å². The largest absolute Gasteiger partial charge is 0.504 e. The highest BCUT2D eigenvalue weighted by Crippen LogP contribution is 2.28. The summed E-state index contributed by atoms with van der Waals surface area (Å²) in [6, 6.07) is 2.86. The SMILES string of the molecule is Cc1cc(O)c(O)cc1CCNS(=O)(=O)c1c(C)noc1C. The molecule has 0 amide bonds. The molecule has 22 heavy (non-hydrogen) atoms. The highest BCUT2D eigenvalue weighted by molar-refractivity contribution is 7.89. The molecule has 0 bridgehead atoms. The van der Waals surface area contributed by atoms with Crippen LogP contribution in [0.2, 0.25) is 0 Å². The molecule has 0 unspecified atom stereocenters. The van der Waals surface area contributed by atoms with E-state index in [2.05, 4.69) is 9.88 Å². The zero-order valence-corrected chi connectivity index (χ0v) is 13.4. The summed E-state index contributed by atoms with van der Waals surface area (Å²) >= 11 is 0.